The number of carboxylic acid groups (broad SMARTS) is 1. The van der Waals surface area contributed by atoms with Gasteiger partial charge in [-0.2, -0.15) is 0 Å². The molecule has 1 N–H and O–H groups in total. The third kappa shape index (κ3) is 2.46. The number of aromatic carboxylic acids is 1. The zero-order valence-corrected chi connectivity index (χ0v) is 10.9. The number of aromatic nitrogens is 1. The second kappa shape index (κ2) is 4.94. The summed E-state index contributed by atoms with van der Waals surface area (Å²) in [5.74, 6) is -0.394. The Morgan fingerprint density at radius 1 is 1.50 bits per heavy atom. The third-order valence-corrected chi connectivity index (χ3v) is 3.12. The topological polar surface area (TPSA) is 62.7 Å². The molecule has 1 aliphatic rings. The molecule has 2 unspecified atom stereocenters. The molecular weight excluding hydrogens is 232 g/mol. The second-order valence-corrected chi connectivity index (χ2v) is 4.77. The summed E-state index contributed by atoms with van der Waals surface area (Å²) in [4.78, 5) is 17.7. The highest BCUT2D eigenvalue weighted by atomic mass is 16.5. The van der Waals surface area contributed by atoms with Crippen LogP contribution in [0.25, 0.3) is 0 Å². The van der Waals surface area contributed by atoms with Crippen LogP contribution in [0.2, 0.25) is 0 Å². The van der Waals surface area contributed by atoms with Crippen LogP contribution in [-0.4, -0.2) is 41.4 Å². The molecule has 2 rings (SSSR count). The number of hydrogen-bond donors (Lipinski definition) is 1. The average Bonchev–Trinajstić information content (AvgIpc) is 2.31. The van der Waals surface area contributed by atoms with E-state index in [1.165, 1.54) is 0 Å². The summed E-state index contributed by atoms with van der Waals surface area (Å²) in [5.41, 5.74) is 1.07. The van der Waals surface area contributed by atoms with Crippen molar-refractivity contribution in [3.8, 4) is 0 Å². The number of carboxylic acids is 1. The lowest BCUT2D eigenvalue weighted by Crippen LogP contribution is -2.48. The van der Waals surface area contributed by atoms with Gasteiger partial charge in [0.25, 0.3) is 0 Å². The third-order valence-electron chi connectivity index (χ3n) is 3.12. The van der Waals surface area contributed by atoms with Crippen LogP contribution in [0, 0.1) is 6.92 Å². The van der Waals surface area contributed by atoms with Gasteiger partial charge in [-0.3, -0.25) is 0 Å². The van der Waals surface area contributed by atoms with Crippen molar-refractivity contribution in [3.05, 3.63) is 23.4 Å². The summed E-state index contributed by atoms with van der Waals surface area (Å²) in [5, 5.41) is 9.24. The smallest absolute Gasteiger partial charge is 0.339 e. The molecule has 0 aromatic carbocycles. The number of anilines is 1. The molecule has 5 nitrogen and oxygen atoms in total. The van der Waals surface area contributed by atoms with Gasteiger partial charge < -0.3 is 14.7 Å². The molecule has 1 saturated heterocycles. The molecule has 0 bridgehead atoms. The molecule has 1 aromatic heterocycles. The van der Waals surface area contributed by atoms with Crippen LogP contribution in [-0.2, 0) is 4.74 Å². The highest BCUT2D eigenvalue weighted by molar-refractivity contribution is 5.93. The van der Waals surface area contributed by atoms with Crippen molar-refractivity contribution in [2.75, 3.05) is 18.1 Å². The SMILES string of the molecule is Cc1ccc(C(=O)O)c(N2CC(C)OCC2C)n1. The standard InChI is InChI=1S/C13H18N2O3/c1-8-4-5-11(13(16)17)12(14-8)15-6-10(3)18-7-9(15)2/h4-5,9-10H,6-7H2,1-3H3,(H,16,17). The Bertz CT molecular complexity index is 462. The Kier molecular flexibility index (Phi) is 3.52. The van der Waals surface area contributed by atoms with Crippen molar-refractivity contribution in [1.82, 2.24) is 4.98 Å². The molecule has 0 aliphatic carbocycles. The molecule has 2 atom stereocenters. The Morgan fingerprint density at radius 3 is 2.89 bits per heavy atom. The van der Waals surface area contributed by atoms with Gasteiger partial charge in [-0.25, -0.2) is 9.78 Å². The molecule has 18 heavy (non-hydrogen) atoms. The fraction of sp³-hybridized carbons (Fsp3) is 0.538. The first-order valence-corrected chi connectivity index (χ1v) is 6.08. The van der Waals surface area contributed by atoms with Gasteiger partial charge in [0.1, 0.15) is 11.4 Å². The molecule has 0 saturated carbocycles. The van der Waals surface area contributed by atoms with Crippen molar-refractivity contribution in [3.63, 3.8) is 0 Å². The minimum Gasteiger partial charge on any atom is -0.478 e. The molecule has 0 radical (unpaired) electrons. The van der Waals surface area contributed by atoms with E-state index in [4.69, 9.17) is 4.74 Å². The molecule has 0 spiro atoms. The number of rotatable bonds is 2. The van der Waals surface area contributed by atoms with Crippen LogP contribution in [0.5, 0.6) is 0 Å². The van der Waals surface area contributed by atoms with E-state index in [1.54, 1.807) is 12.1 Å². The van der Waals surface area contributed by atoms with Gasteiger partial charge >= 0.3 is 5.97 Å². The molecule has 5 heteroatoms. The maximum atomic E-state index is 11.3. The van der Waals surface area contributed by atoms with Gasteiger partial charge in [0.2, 0.25) is 0 Å². The lowest BCUT2D eigenvalue weighted by atomic mass is 10.1. The highest BCUT2D eigenvalue weighted by Crippen LogP contribution is 2.24. The van der Waals surface area contributed by atoms with Crippen molar-refractivity contribution >= 4 is 11.8 Å². The van der Waals surface area contributed by atoms with Gasteiger partial charge in [-0.05, 0) is 32.9 Å². The molecule has 1 fully saturated rings. The van der Waals surface area contributed by atoms with Crippen molar-refractivity contribution in [2.45, 2.75) is 32.9 Å². The second-order valence-electron chi connectivity index (χ2n) is 4.77. The van der Waals surface area contributed by atoms with Gasteiger partial charge in [-0.1, -0.05) is 0 Å². The maximum absolute atomic E-state index is 11.3. The van der Waals surface area contributed by atoms with E-state index in [9.17, 15) is 9.90 Å². The fourth-order valence-electron chi connectivity index (χ4n) is 2.13. The van der Waals surface area contributed by atoms with Gasteiger partial charge in [0.05, 0.1) is 18.8 Å². The van der Waals surface area contributed by atoms with E-state index < -0.39 is 5.97 Å². The number of ether oxygens (including phenoxy) is 1. The van der Waals surface area contributed by atoms with Crippen LogP contribution in [0.15, 0.2) is 12.1 Å². The van der Waals surface area contributed by atoms with Crippen LogP contribution >= 0.6 is 0 Å². The fourth-order valence-corrected chi connectivity index (χ4v) is 2.13. The highest BCUT2D eigenvalue weighted by Gasteiger charge is 2.27. The number of nitrogens with zero attached hydrogens (tertiary/aromatic N) is 2. The quantitative estimate of drug-likeness (QED) is 0.865. The van der Waals surface area contributed by atoms with E-state index in [-0.39, 0.29) is 17.7 Å². The minimum atomic E-state index is -0.941. The maximum Gasteiger partial charge on any atom is 0.339 e. The summed E-state index contributed by atoms with van der Waals surface area (Å²) in [6, 6.07) is 3.47. The Morgan fingerprint density at radius 2 is 2.22 bits per heavy atom. The van der Waals surface area contributed by atoms with Crippen LogP contribution < -0.4 is 4.90 Å². The molecular formula is C13H18N2O3. The Hall–Kier alpha value is -1.62. The monoisotopic (exact) mass is 250 g/mol. The lowest BCUT2D eigenvalue weighted by Gasteiger charge is -2.38. The van der Waals surface area contributed by atoms with Crippen molar-refractivity contribution in [2.24, 2.45) is 0 Å². The number of carbonyl (C=O) groups is 1. The number of morpholine rings is 1. The van der Waals surface area contributed by atoms with Gasteiger partial charge in [0, 0.05) is 12.2 Å². The normalized spacial score (nSPS) is 24.1. The first-order chi connectivity index (χ1) is 8.49. The summed E-state index contributed by atoms with van der Waals surface area (Å²) < 4.78 is 5.56. The molecule has 1 aliphatic heterocycles. The number of aryl methyl sites for hydroxylation is 1. The average molecular weight is 250 g/mol. The zero-order chi connectivity index (χ0) is 13.3. The van der Waals surface area contributed by atoms with Gasteiger partial charge in [-0.15, -0.1) is 0 Å². The Balaban J connectivity index is 2.41. The molecule has 0 amide bonds. The molecule has 1 aromatic rings. The van der Waals surface area contributed by atoms with Gasteiger partial charge in [0.15, 0.2) is 0 Å². The van der Waals surface area contributed by atoms with E-state index in [1.807, 2.05) is 25.7 Å². The minimum absolute atomic E-state index is 0.0881. The number of hydrogen-bond acceptors (Lipinski definition) is 4. The first-order valence-electron chi connectivity index (χ1n) is 6.08. The van der Waals surface area contributed by atoms with E-state index in [2.05, 4.69) is 4.98 Å². The Labute approximate surface area is 106 Å². The molecule has 2 heterocycles. The summed E-state index contributed by atoms with van der Waals surface area (Å²) in [6.07, 6.45) is 0.0881. The van der Waals surface area contributed by atoms with Crippen LogP contribution in [0.4, 0.5) is 5.82 Å². The van der Waals surface area contributed by atoms with Crippen molar-refractivity contribution < 1.29 is 14.6 Å². The van der Waals surface area contributed by atoms with E-state index in [0.29, 0.717) is 19.0 Å². The first kappa shape index (κ1) is 12.8. The summed E-state index contributed by atoms with van der Waals surface area (Å²) in [7, 11) is 0. The summed E-state index contributed by atoms with van der Waals surface area (Å²) in [6.45, 7) is 7.12. The largest absolute Gasteiger partial charge is 0.478 e. The van der Waals surface area contributed by atoms with E-state index >= 15 is 0 Å². The predicted octanol–water partition coefficient (Wildman–Crippen LogP) is 1.70. The molecule has 98 valence electrons. The van der Waals surface area contributed by atoms with Crippen LogP contribution in [0.3, 0.4) is 0 Å². The number of pyridine rings is 1. The summed E-state index contributed by atoms with van der Waals surface area (Å²) >= 11 is 0. The van der Waals surface area contributed by atoms with Crippen LogP contribution in [0.1, 0.15) is 29.9 Å². The van der Waals surface area contributed by atoms with E-state index in [0.717, 1.165) is 5.69 Å². The van der Waals surface area contributed by atoms with Crippen molar-refractivity contribution in [1.29, 1.82) is 0 Å². The zero-order valence-electron chi connectivity index (χ0n) is 10.9. The predicted molar refractivity (Wildman–Crippen MR) is 68.2 cm³/mol. The lowest BCUT2D eigenvalue weighted by molar-refractivity contribution is 0.0338.